The largest absolute Gasteiger partial charge is 0.307 e. The molecule has 2 aromatic heterocycles. The fourth-order valence-corrected chi connectivity index (χ4v) is 4.27. The van der Waals surface area contributed by atoms with Gasteiger partial charge in [0.1, 0.15) is 0 Å². The van der Waals surface area contributed by atoms with Crippen molar-refractivity contribution < 1.29 is 0 Å². The number of hydrogen-bond acceptors (Lipinski definition) is 3. The van der Waals surface area contributed by atoms with Gasteiger partial charge in [0.15, 0.2) is 0 Å². The minimum Gasteiger partial charge on any atom is -0.307 e. The molecule has 4 heteroatoms. The highest BCUT2D eigenvalue weighted by atomic mass is 15.3. The van der Waals surface area contributed by atoms with Gasteiger partial charge in [0.05, 0.1) is 16.7 Å². The Kier molecular flexibility index (Phi) is 3.50. The zero-order valence-corrected chi connectivity index (χ0v) is 15.7. The number of para-hydroxylation sites is 2. The number of hydrogen-bond donors (Lipinski definition) is 0. The Bertz CT molecular complexity index is 1320. The van der Waals surface area contributed by atoms with E-state index in [0.29, 0.717) is 0 Å². The van der Waals surface area contributed by atoms with Crippen LogP contribution in [0.5, 0.6) is 0 Å². The van der Waals surface area contributed by atoms with Crippen molar-refractivity contribution in [1.29, 1.82) is 0 Å². The lowest BCUT2D eigenvalue weighted by atomic mass is 10.0. The molecule has 29 heavy (non-hydrogen) atoms. The number of aromatic nitrogens is 2. The van der Waals surface area contributed by atoms with E-state index in [2.05, 4.69) is 81.2 Å². The molecule has 2 aliphatic rings. The van der Waals surface area contributed by atoms with Crippen molar-refractivity contribution in [3.8, 4) is 0 Å². The van der Waals surface area contributed by atoms with Crippen LogP contribution in [0.25, 0.3) is 27.4 Å². The SMILES string of the molecule is C1=CCN2C(=C1)C(c1ccncc1)=CN=C2n1c2ccccc2c2ccccc21. The zero-order chi connectivity index (χ0) is 19.2. The van der Waals surface area contributed by atoms with Crippen LogP contribution in [-0.4, -0.2) is 27.0 Å². The van der Waals surface area contributed by atoms with Crippen LogP contribution < -0.4 is 0 Å². The van der Waals surface area contributed by atoms with Gasteiger partial charge in [0, 0.05) is 41.5 Å². The molecule has 0 spiro atoms. The molecule has 138 valence electrons. The third-order valence-electron chi connectivity index (χ3n) is 5.57. The lowest BCUT2D eigenvalue weighted by molar-refractivity contribution is 0.562. The normalized spacial score (nSPS) is 15.9. The topological polar surface area (TPSA) is 33.4 Å². The molecular weight excluding hydrogens is 356 g/mol. The fraction of sp³-hybridized carbons (Fsp3) is 0.0400. The third-order valence-corrected chi connectivity index (χ3v) is 5.57. The molecule has 0 amide bonds. The first-order valence-electron chi connectivity index (χ1n) is 9.73. The maximum absolute atomic E-state index is 4.96. The molecule has 0 bridgehead atoms. The van der Waals surface area contributed by atoms with Gasteiger partial charge >= 0.3 is 0 Å². The summed E-state index contributed by atoms with van der Waals surface area (Å²) >= 11 is 0. The lowest BCUT2D eigenvalue weighted by Gasteiger charge is -2.34. The predicted octanol–water partition coefficient (Wildman–Crippen LogP) is 5.20. The van der Waals surface area contributed by atoms with Gasteiger partial charge in [0.25, 0.3) is 0 Å². The Balaban J connectivity index is 1.63. The average molecular weight is 374 g/mol. The third kappa shape index (κ3) is 2.39. The van der Waals surface area contributed by atoms with Crippen LogP contribution in [0.2, 0.25) is 0 Å². The molecule has 4 nitrogen and oxygen atoms in total. The van der Waals surface area contributed by atoms with E-state index in [-0.39, 0.29) is 0 Å². The van der Waals surface area contributed by atoms with Crippen molar-refractivity contribution in [3.05, 3.63) is 109 Å². The van der Waals surface area contributed by atoms with Gasteiger partial charge in [0.2, 0.25) is 5.96 Å². The summed E-state index contributed by atoms with van der Waals surface area (Å²) in [6.07, 6.45) is 12.1. The Morgan fingerprint density at radius 2 is 1.48 bits per heavy atom. The van der Waals surface area contributed by atoms with Gasteiger partial charge in [-0.2, -0.15) is 0 Å². The van der Waals surface area contributed by atoms with Crippen molar-refractivity contribution in [3.63, 3.8) is 0 Å². The summed E-state index contributed by atoms with van der Waals surface area (Å²) in [6, 6.07) is 21.1. The van der Waals surface area contributed by atoms with Crippen LogP contribution in [0, 0.1) is 0 Å². The van der Waals surface area contributed by atoms with Gasteiger partial charge in [-0.1, -0.05) is 48.6 Å². The highest BCUT2D eigenvalue weighted by Crippen LogP contribution is 2.35. The molecule has 0 atom stereocenters. The average Bonchev–Trinajstić information content (AvgIpc) is 3.13. The van der Waals surface area contributed by atoms with Crippen LogP contribution in [0.1, 0.15) is 5.56 Å². The second-order valence-corrected chi connectivity index (χ2v) is 7.17. The summed E-state index contributed by atoms with van der Waals surface area (Å²) in [5.41, 5.74) is 5.73. The maximum Gasteiger partial charge on any atom is 0.215 e. The number of pyridine rings is 1. The number of fused-ring (bicyclic) bond motifs is 4. The molecule has 6 rings (SSSR count). The van der Waals surface area contributed by atoms with E-state index in [9.17, 15) is 0 Å². The van der Waals surface area contributed by atoms with Crippen LogP contribution >= 0.6 is 0 Å². The number of rotatable bonds is 1. The summed E-state index contributed by atoms with van der Waals surface area (Å²) in [5.74, 6) is 0.927. The Morgan fingerprint density at radius 3 is 2.21 bits per heavy atom. The van der Waals surface area contributed by atoms with E-state index >= 15 is 0 Å². The van der Waals surface area contributed by atoms with Crippen molar-refractivity contribution in [2.45, 2.75) is 0 Å². The van der Waals surface area contributed by atoms with E-state index in [1.807, 2.05) is 30.7 Å². The molecule has 2 aliphatic heterocycles. The highest BCUT2D eigenvalue weighted by molar-refractivity contribution is 6.14. The molecule has 0 radical (unpaired) electrons. The van der Waals surface area contributed by atoms with Gasteiger partial charge in [-0.05, 0) is 35.9 Å². The summed E-state index contributed by atoms with van der Waals surface area (Å²) in [5, 5.41) is 2.49. The molecule has 0 unspecified atom stereocenters. The molecule has 0 aliphatic carbocycles. The van der Waals surface area contributed by atoms with Crippen molar-refractivity contribution >= 4 is 33.3 Å². The molecule has 4 aromatic rings. The van der Waals surface area contributed by atoms with Crippen LogP contribution in [0.3, 0.4) is 0 Å². The van der Waals surface area contributed by atoms with E-state index < -0.39 is 0 Å². The summed E-state index contributed by atoms with van der Waals surface area (Å²) in [6.45, 7) is 0.786. The number of benzene rings is 2. The van der Waals surface area contributed by atoms with Crippen molar-refractivity contribution in [2.75, 3.05) is 6.54 Å². The van der Waals surface area contributed by atoms with E-state index in [1.165, 1.54) is 21.8 Å². The molecular formula is C25H18N4. The molecule has 0 saturated heterocycles. The zero-order valence-electron chi connectivity index (χ0n) is 15.7. The maximum atomic E-state index is 4.96. The first-order valence-corrected chi connectivity index (χ1v) is 9.73. The smallest absolute Gasteiger partial charge is 0.215 e. The quantitative estimate of drug-likeness (QED) is 0.459. The number of nitrogens with zero attached hydrogens (tertiary/aromatic N) is 4. The minimum atomic E-state index is 0.786. The van der Waals surface area contributed by atoms with Crippen LogP contribution in [0.4, 0.5) is 0 Å². The summed E-state index contributed by atoms with van der Waals surface area (Å²) in [4.78, 5) is 11.4. The first kappa shape index (κ1) is 16.1. The molecule has 0 fully saturated rings. The van der Waals surface area contributed by atoms with E-state index in [4.69, 9.17) is 4.99 Å². The Labute approximate surface area is 168 Å². The Hall–Kier alpha value is -3.92. The molecule has 2 aromatic carbocycles. The second-order valence-electron chi connectivity index (χ2n) is 7.17. The predicted molar refractivity (Wildman–Crippen MR) is 118 cm³/mol. The number of allylic oxidation sites excluding steroid dienone is 3. The second kappa shape index (κ2) is 6.31. The van der Waals surface area contributed by atoms with Crippen molar-refractivity contribution in [2.24, 2.45) is 4.99 Å². The van der Waals surface area contributed by atoms with Crippen LogP contribution in [0.15, 0.2) is 108 Å². The number of aliphatic imine (C=N–C) groups is 1. The molecule has 0 saturated carbocycles. The summed E-state index contributed by atoms with van der Waals surface area (Å²) in [7, 11) is 0. The fourth-order valence-electron chi connectivity index (χ4n) is 4.27. The monoisotopic (exact) mass is 374 g/mol. The standard InChI is InChI=1S/C25H18N4/c1-3-10-23-19(7-1)20-8-2-4-11-24(20)29(23)25-27-17-21(18-12-14-26-15-13-18)22-9-5-6-16-28(22)25/h1-15,17H,16H2. The van der Waals surface area contributed by atoms with Gasteiger partial charge < -0.3 is 4.90 Å². The minimum absolute atomic E-state index is 0.786. The lowest BCUT2D eigenvalue weighted by Crippen LogP contribution is -2.38. The Morgan fingerprint density at radius 1 is 0.793 bits per heavy atom. The van der Waals surface area contributed by atoms with Crippen molar-refractivity contribution in [1.82, 2.24) is 14.5 Å². The van der Waals surface area contributed by atoms with E-state index in [0.717, 1.165) is 29.3 Å². The van der Waals surface area contributed by atoms with E-state index in [1.54, 1.807) is 0 Å². The highest BCUT2D eigenvalue weighted by Gasteiger charge is 2.27. The molecule has 0 N–H and O–H groups in total. The van der Waals surface area contributed by atoms with Gasteiger partial charge in [-0.3, -0.25) is 9.55 Å². The summed E-state index contributed by atoms with van der Waals surface area (Å²) < 4.78 is 2.28. The van der Waals surface area contributed by atoms with Crippen LogP contribution in [-0.2, 0) is 0 Å². The van der Waals surface area contributed by atoms with Gasteiger partial charge in [-0.15, -0.1) is 0 Å². The first-order chi connectivity index (χ1) is 14.4. The van der Waals surface area contributed by atoms with Gasteiger partial charge in [-0.25, -0.2) is 4.99 Å². The molecule has 4 heterocycles.